The molecule has 0 spiro atoms. The molecule has 0 saturated carbocycles. The molecule has 3 heteroatoms. The summed E-state index contributed by atoms with van der Waals surface area (Å²) < 4.78 is 1.12. The number of hydrogen-bond acceptors (Lipinski definition) is 2. The van der Waals surface area contributed by atoms with E-state index in [1.165, 1.54) is 5.56 Å². The molecular weight excluding hydrogens is 262 g/mol. The average molecular weight is 272 g/mol. The molecule has 3 rings (SSSR count). The van der Waals surface area contributed by atoms with E-state index in [2.05, 4.69) is 23.2 Å². The monoisotopic (exact) mass is 271 g/mol. The molecule has 1 aromatic heterocycles. The number of rotatable bonds is 2. The second kappa shape index (κ2) is 4.92. The van der Waals surface area contributed by atoms with Gasteiger partial charge < -0.3 is 0 Å². The zero-order valence-corrected chi connectivity index (χ0v) is 11.1. The standard InChI is InChI=1S/C15H10ClNS/c16-12-7-8-13-14(10-12)18-15(17-13)9-6-11-4-2-1-3-5-11/h1-10H/b9-6+. The third kappa shape index (κ3) is 2.45. The van der Waals surface area contributed by atoms with Crippen LogP contribution < -0.4 is 0 Å². The second-order valence-corrected chi connectivity index (χ2v) is 5.41. The normalized spacial score (nSPS) is 11.4. The maximum atomic E-state index is 5.96. The number of halogens is 1. The molecule has 1 nitrogen and oxygen atoms in total. The first-order chi connectivity index (χ1) is 8.81. The van der Waals surface area contributed by atoms with E-state index in [4.69, 9.17) is 11.6 Å². The largest absolute Gasteiger partial charge is 0.237 e. The molecule has 0 amide bonds. The van der Waals surface area contributed by atoms with Gasteiger partial charge in [-0.15, -0.1) is 11.3 Å². The molecule has 0 unspecified atom stereocenters. The number of fused-ring (bicyclic) bond motifs is 1. The van der Waals surface area contributed by atoms with Gasteiger partial charge in [-0.05, 0) is 29.8 Å². The SMILES string of the molecule is Clc1ccc2nc(/C=C/c3ccccc3)sc2c1. The Labute approximate surface area is 114 Å². The van der Waals surface area contributed by atoms with Crippen LogP contribution in [0.2, 0.25) is 5.02 Å². The van der Waals surface area contributed by atoms with Gasteiger partial charge in [0.15, 0.2) is 0 Å². The highest BCUT2D eigenvalue weighted by molar-refractivity contribution is 7.19. The lowest BCUT2D eigenvalue weighted by Gasteiger charge is -1.89. The van der Waals surface area contributed by atoms with Crippen LogP contribution in [0.1, 0.15) is 10.6 Å². The maximum Gasteiger partial charge on any atom is 0.117 e. The Morgan fingerprint density at radius 2 is 1.83 bits per heavy atom. The number of hydrogen-bond donors (Lipinski definition) is 0. The van der Waals surface area contributed by atoms with Crippen LogP contribution in [0.5, 0.6) is 0 Å². The topological polar surface area (TPSA) is 12.9 Å². The van der Waals surface area contributed by atoms with E-state index < -0.39 is 0 Å². The van der Waals surface area contributed by atoms with Gasteiger partial charge in [0.1, 0.15) is 5.01 Å². The molecule has 0 radical (unpaired) electrons. The van der Waals surface area contributed by atoms with Gasteiger partial charge in [0.05, 0.1) is 10.2 Å². The smallest absolute Gasteiger partial charge is 0.117 e. The Morgan fingerprint density at radius 1 is 1.00 bits per heavy atom. The van der Waals surface area contributed by atoms with E-state index in [9.17, 15) is 0 Å². The van der Waals surface area contributed by atoms with Crippen LogP contribution in [0.3, 0.4) is 0 Å². The lowest BCUT2D eigenvalue weighted by molar-refractivity contribution is 1.46. The van der Waals surface area contributed by atoms with Crippen molar-refractivity contribution >= 4 is 45.3 Å². The van der Waals surface area contributed by atoms with Crippen molar-refractivity contribution in [1.29, 1.82) is 0 Å². The van der Waals surface area contributed by atoms with Crippen molar-refractivity contribution in [3.05, 3.63) is 64.1 Å². The average Bonchev–Trinajstić information content (AvgIpc) is 2.79. The molecule has 0 bridgehead atoms. The van der Waals surface area contributed by atoms with E-state index in [-0.39, 0.29) is 0 Å². The lowest BCUT2D eigenvalue weighted by atomic mass is 10.2. The van der Waals surface area contributed by atoms with Gasteiger partial charge in [-0.2, -0.15) is 0 Å². The predicted octanol–water partition coefficient (Wildman–Crippen LogP) is 5.12. The van der Waals surface area contributed by atoms with Gasteiger partial charge in [-0.25, -0.2) is 4.98 Å². The summed E-state index contributed by atoms with van der Waals surface area (Å²) in [6.45, 7) is 0. The fourth-order valence-corrected chi connectivity index (χ4v) is 2.87. The molecule has 0 atom stereocenters. The van der Waals surface area contributed by atoms with Crippen molar-refractivity contribution in [2.75, 3.05) is 0 Å². The molecule has 0 aliphatic rings. The predicted molar refractivity (Wildman–Crippen MR) is 80.0 cm³/mol. The van der Waals surface area contributed by atoms with Gasteiger partial charge in [0.25, 0.3) is 0 Å². The quantitative estimate of drug-likeness (QED) is 0.630. The minimum atomic E-state index is 0.754. The third-order valence-corrected chi connectivity index (χ3v) is 3.80. The van der Waals surface area contributed by atoms with Gasteiger partial charge in [0.2, 0.25) is 0 Å². The molecular formula is C15H10ClNS. The molecule has 3 aromatic rings. The van der Waals surface area contributed by atoms with Crippen molar-refractivity contribution in [3.8, 4) is 0 Å². The molecule has 1 heterocycles. The molecule has 0 fully saturated rings. The van der Waals surface area contributed by atoms with Gasteiger partial charge in [-0.3, -0.25) is 0 Å². The van der Waals surface area contributed by atoms with E-state index in [0.29, 0.717) is 0 Å². The number of benzene rings is 2. The Hall–Kier alpha value is -1.64. The maximum absolute atomic E-state index is 5.96. The van der Waals surface area contributed by atoms with Crippen LogP contribution in [0, 0.1) is 0 Å². The molecule has 0 aliphatic heterocycles. The second-order valence-electron chi connectivity index (χ2n) is 3.91. The van der Waals surface area contributed by atoms with Crippen molar-refractivity contribution in [2.24, 2.45) is 0 Å². The highest BCUT2D eigenvalue weighted by Crippen LogP contribution is 2.26. The summed E-state index contributed by atoms with van der Waals surface area (Å²) in [7, 11) is 0. The fraction of sp³-hybridized carbons (Fsp3) is 0. The molecule has 18 heavy (non-hydrogen) atoms. The van der Waals surface area contributed by atoms with Crippen molar-refractivity contribution in [3.63, 3.8) is 0 Å². The summed E-state index contributed by atoms with van der Waals surface area (Å²) in [5.74, 6) is 0. The molecule has 88 valence electrons. The first kappa shape index (κ1) is 11.5. The van der Waals surface area contributed by atoms with Crippen molar-refractivity contribution < 1.29 is 0 Å². The van der Waals surface area contributed by atoms with Gasteiger partial charge >= 0.3 is 0 Å². The number of aromatic nitrogens is 1. The first-order valence-corrected chi connectivity index (χ1v) is 6.80. The Balaban J connectivity index is 1.93. The Bertz CT molecular complexity index is 701. The summed E-state index contributed by atoms with van der Waals surface area (Å²) in [5, 5.41) is 1.75. The highest BCUT2D eigenvalue weighted by Gasteiger charge is 2.01. The van der Waals surface area contributed by atoms with E-state index in [0.717, 1.165) is 20.2 Å². The summed E-state index contributed by atoms with van der Waals surface area (Å²) >= 11 is 7.61. The summed E-state index contributed by atoms with van der Waals surface area (Å²) in [4.78, 5) is 4.54. The zero-order valence-electron chi connectivity index (χ0n) is 9.51. The molecule has 2 aromatic carbocycles. The summed E-state index contributed by atoms with van der Waals surface area (Å²) in [6, 6.07) is 16.0. The van der Waals surface area contributed by atoms with Crippen LogP contribution >= 0.6 is 22.9 Å². The van der Waals surface area contributed by atoms with Crippen molar-refractivity contribution in [2.45, 2.75) is 0 Å². The van der Waals surface area contributed by atoms with Crippen LogP contribution in [-0.2, 0) is 0 Å². The van der Waals surface area contributed by atoms with E-state index in [1.807, 2.05) is 42.5 Å². The van der Waals surface area contributed by atoms with E-state index in [1.54, 1.807) is 11.3 Å². The Morgan fingerprint density at radius 3 is 2.67 bits per heavy atom. The highest BCUT2D eigenvalue weighted by atomic mass is 35.5. The first-order valence-electron chi connectivity index (χ1n) is 5.60. The summed E-state index contributed by atoms with van der Waals surface area (Å²) in [6.07, 6.45) is 4.10. The molecule has 0 aliphatic carbocycles. The van der Waals surface area contributed by atoms with Gasteiger partial charge in [-0.1, -0.05) is 48.0 Å². The fourth-order valence-electron chi connectivity index (χ4n) is 1.72. The molecule has 0 N–H and O–H groups in total. The summed E-state index contributed by atoms with van der Waals surface area (Å²) in [5.41, 5.74) is 2.17. The van der Waals surface area contributed by atoms with E-state index >= 15 is 0 Å². The Kier molecular flexibility index (Phi) is 3.13. The van der Waals surface area contributed by atoms with Crippen molar-refractivity contribution in [1.82, 2.24) is 4.98 Å². The van der Waals surface area contributed by atoms with Gasteiger partial charge in [0, 0.05) is 5.02 Å². The van der Waals surface area contributed by atoms with Crippen LogP contribution in [0.25, 0.3) is 22.4 Å². The van der Waals surface area contributed by atoms with Crippen LogP contribution in [-0.4, -0.2) is 4.98 Å². The lowest BCUT2D eigenvalue weighted by Crippen LogP contribution is -1.70. The minimum Gasteiger partial charge on any atom is -0.237 e. The zero-order chi connectivity index (χ0) is 12.4. The van der Waals surface area contributed by atoms with Crippen LogP contribution in [0.15, 0.2) is 48.5 Å². The third-order valence-electron chi connectivity index (χ3n) is 2.58. The van der Waals surface area contributed by atoms with Crippen LogP contribution in [0.4, 0.5) is 0 Å². The molecule has 0 saturated heterocycles. The number of nitrogens with zero attached hydrogens (tertiary/aromatic N) is 1. The minimum absolute atomic E-state index is 0.754. The number of thiazole rings is 1.